The molecule has 1 atom stereocenters. The summed E-state index contributed by atoms with van der Waals surface area (Å²) in [6, 6.07) is 10.4. The van der Waals surface area contributed by atoms with Crippen molar-refractivity contribution in [2.75, 3.05) is 7.05 Å². The molecule has 0 saturated carbocycles. The number of rotatable bonds is 3. The van der Waals surface area contributed by atoms with E-state index in [1.54, 1.807) is 19.2 Å². The summed E-state index contributed by atoms with van der Waals surface area (Å²) in [4.78, 5) is 0. The number of benzene rings is 2. The van der Waals surface area contributed by atoms with Gasteiger partial charge in [0, 0.05) is 5.02 Å². The number of hydrogen-bond acceptors (Lipinski definition) is 1. The van der Waals surface area contributed by atoms with Gasteiger partial charge in [0.1, 0.15) is 0 Å². The van der Waals surface area contributed by atoms with E-state index in [1.807, 2.05) is 19.1 Å². The van der Waals surface area contributed by atoms with Crippen molar-refractivity contribution in [3.05, 3.63) is 69.7 Å². The van der Waals surface area contributed by atoms with E-state index in [4.69, 9.17) is 11.6 Å². The summed E-state index contributed by atoms with van der Waals surface area (Å²) in [7, 11) is 1.70. The maximum Gasteiger partial charge on any atom is 0.416 e. The van der Waals surface area contributed by atoms with E-state index < -0.39 is 11.7 Å². The molecule has 0 aliphatic carbocycles. The van der Waals surface area contributed by atoms with Crippen LogP contribution < -0.4 is 5.32 Å². The molecule has 0 heterocycles. The molecule has 1 N–H and O–H groups in total. The predicted molar refractivity (Wildman–Crippen MR) is 78.5 cm³/mol. The molecule has 5 heteroatoms. The van der Waals surface area contributed by atoms with E-state index in [9.17, 15) is 13.2 Å². The topological polar surface area (TPSA) is 12.0 Å². The van der Waals surface area contributed by atoms with Crippen molar-refractivity contribution >= 4 is 11.6 Å². The molecule has 0 spiro atoms. The van der Waals surface area contributed by atoms with Gasteiger partial charge in [0.2, 0.25) is 0 Å². The van der Waals surface area contributed by atoms with Gasteiger partial charge in [0.25, 0.3) is 0 Å². The van der Waals surface area contributed by atoms with Gasteiger partial charge in [-0.3, -0.25) is 0 Å². The first-order chi connectivity index (χ1) is 9.82. The Morgan fingerprint density at radius 3 is 2.38 bits per heavy atom. The van der Waals surface area contributed by atoms with E-state index in [2.05, 4.69) is 5.32 Å². The second kappa shape index (κ2) is 6.08. The third-order valence-electron chi connectivity index (χ3n) is 3.30. The Kier molecular flexibility index (Phi) is 4.59. The van der Waals surface area contributed by atoms with Crippen molar-refractivity contribution in [1.29, 1.82) is 0 Å². The molecule has 0 radical (unpaired) electrons. The van der Waals surface area contributed by atoms with E-state index in [0.717, 1.165) is 23.3 Å². The molecule has 112 valence electrons. The zero-order chi connectivity index (χ0) is 15.6. The second-order valence-corrected chi connectivity index (χ2v) is 5.28. The van der Waals surface area contributed by atoms with Gasteiger partial charge < -0.3 is 5.32 Å². The molecule has 2 aromatic carbocycles. The molecule has 21 heavy (non-hydrogen) atoms. The van der Waals surface area contributed by atoms with Crippen molar-refractivity contribution in [3.8, 4) is 0 Å². The first-order valence-electron chi connectivity index (χ1n) is 6.43. The molecule has 0 aromatic heterocycles. The fraction of sp³-hybridized carbons (Fsp3) is 0.250. The largest absolute Gasteiger partial charge is 0.416 e. The van der Waals surface area contributed by atoms with Crippen molar-refractivity contribution in [3.63, 3.8) is 0 Å². The van der Waals surface area contributed by atoms with Crippen LogP contribution in [0.1, 0.15) is 28.3 Å². The van der Waals surface area contributed by atoms with E-state index >= 15 is 0 Å². The van der Waals surface area contributed by atoms with Crippen LogP contribution in [-0.2, 0) is 6.18 Å². The van der Waals surface area contributed by atoms with E-state index in [0.29, 0.717) is 10.6 Å². The zero-order valence-corrected chi connectivity index (χ0v) is 12.4. The quantitative estimate of drug-likeness (QED) is 0.843. The van der Waals surface area contributed by atoms with E-state index in [-0.39, 0.29) is 6.04 Å². The molecule has 1 unspecified atom stereocenters. The Hall–Kier alpha value is -1.52. The molecule has 0 aliphatic rings. The third-order valence-corrected chi connectivity index (χ3v) is 3.63. The average Bonchev–Trinajstić information content (AvgIpc) is 2.41. The molecule has 2 aromatic rings. The van der Waals surface area contributed by atoms with Crippen LogP contribution in [-0.4, -0.2) is 7.05 Å². The van der Waals surface area contributed by atoms with Crippen LogP contribution in [0.15, 0.2) is 42.5 Å². The molecule has 1 nitrogen and oxygen atoms in total. The van der Waals surface area contributed by atoms with Crippen LogP contribution in [0.4, 0.5) is 13.2 Å². The lowest BCUT2D eigenvalue weighted by Crippen LogP contribution is -2.19. The molecule has 0 aliphatic heterocycles. The molecule has 0 fully saturated rings. The average molecular weight is 314 g/mol. The summed E-state index contributed by atoms with van der Waals surface area (Å²) in [6.45, 7) is 1.91. The Bertz CT molecular complexity index is 638. The third kappa shape index (κ3) is 3.57. The smallest absolute Gasteiger partial charge is 0.309 e. The minimum absolute atomic E-state index is 0.389. The van der Waals surface area contributed by atoms with Crippen molar-refractivity contribution in [2.45, 2.75) is 19.1 Å². The molecular formula is C16H15ClF3N. The van der Waals surface area contributed by atoms with Gasteiger partial charge in [0.15, 0.2) is 0 Å². The van der Waals surface area contributed by atoms with Crippen molar-refractivity contribution in [2.24, 2.45) is 0 Å². The van der Waals surface area contributed by atoms with Gasteiger partial charge in [0.05, 0.1) is 11.6 Å². The summed E-state index contributed by atoms with van der Waals surface area (Å²) in [6.07, 6.45) is -4.36. The summed E-state index contributed by atoms with van der Waals surface area (Å²) < 4.78 is 38.5. The van der Waals surface area contributed by atoms with Crippen molar-refractivity contribution < 1.29 is 13.2 Å². The Morgan fingerprint density at radius 1 is 1.10 bits per heavy atom. The van der Waals surface area contributed by atoms with Crippen LogP contribution in [0.25, 0.3) is 0 Å². The zero-order valence-electron chi connectivity index (χ0n) is 11.6. The highest BCUT2D eigenvalue weighted by molar-refractivity contribution is 6.31. The molecule has 0 saturated heterocycles. The van der Waals surface area contributed by atoms with Gasteiger partial charge in [-0.05, 0) is 48.9 Å². The normalized spacial score (nSPS) is 13.2. The molecular weight excluding hydrogens is 299 g/mol. The number of aryl methyl sites for hydroxylation is 1. The lowest BCUT2D eigenvalue weighted by Gasteiger charge is -2.20. The van der Waals surface area contributed by atoms with Gasteiger partial charge >= 0.3 is 6.18 Å². The minimum Gasteiger partial charge on any atom is -0.309 e. The number of hydrogen-bond donors (Lipinski definition) is 1. The Labute approximate surface area is 126 Å². The van der Waals surface area contributed by atoms with Gasteiger partial charge in [-0.25, -0.2) is 0 Å². The van der Waals surface area contributed by atoms with Crippen LogP contribution >= 0.6 is 11.6 Å². The Morgan fingerprint density at radius 2 is 1.81 bits per heavy atom. The standard InChI is InChI=1S/C16H15ClF3N/c1-10-6-7-13(14(17)8-10)15(21-2)11-4-3-5-12(9-11)16(18,19)20/h3-9,15,21H,1-2H3. The first-order valence-corrected chi connectivity index (χ1v) is 6.81. The van der Waals surface area contributed by atoms with Crippen LogP contribution in [0.3, 0.4) is 0 Å². The highest BCUT2D eigenvalue weighted by atomic mass is 35.5. The van der Waals surface area contributed by atoms with E-state index in [1.165, 1.54) is 6.07 Å². The lowest BCUT2D eigenvalue weighted by atomic mass is 9.96. The molecule has 0 amide bonds. The molecule has 2 rings (SSSR count). The SMILES string of the molecule is CNC(c1cccc(C(F)(F)F)c1)c1ccc(C)cc1Cl. The summed E-state index contributed by atoms with van der Waals surface area (Å²) in [5.41, 5.74) is 1.62. The highest BCUT2D eigenvalue weighted by Gasteiger charge is 2.31. The van der Waals surface area contributed by atoms with Gasteiger partial charge in [-0.2, -0.15) is 13.2 Å². The summed E-state index contributed by atoms with van der Waals surface area (Å²) >= 11 is 6.22. The maximum atomic E-state index is 12.8. The summed E-state index contributed by atoms with van der Waals surface area (Å²) in [5, 5.41) is 3.56. The van der Waals surface area contributed by atoms with Gasteiger partial charge in [-0.15, -0.1) is 0 Å². The van der Waals surface area contributed by atoms with Crippen LogP contribution in [0.2, 0.25) is 5.02 Å². The Balaban J connectivity index is 2.47. The highest BCUT2D eigenvalue weighted by Crippen LogP contribution is 2.33. The van der Waals surface area contributed by atoms with Gasteiger partial charge in [-0.1, -0.05) is 35.9 Å². The maximum absolute atomic E-state index is 12.8. The minimum atomic E-state index is -4.36. The second-order valence-electron chi connectivity index (χ2n) is 4.87. The fourth-order valence-corrected chi connectivity index (χ4v) is 2.61. The predicted octanol–water partition coefficient (Wildman–Crippen LogP) is 4.98. The number of alkyl halides is 3. The monoisotopic (exact) mass is 313 g/mol. The van der Waals surface area contributed by atoms with Crippen LogP contribution in [0.5, 0.6) is 0 Å². The fourth-order valence-electron chi connectivity index (χ4n) is 2.26. The lowest BCUT2D eigenvalue weighted by molar-refractivity contribution is -0.137. The molecule has 0 bridgehead atoms. The summed E-state index contributed by atoms with van der Waals surface area (Å²) in [5.74, 6) is 0. The number of nitrogens with one attached hydrogen (secondary N) is 1. The number of halogens is 4. The first kappa shape index (κ1) is 15.9. The van der Waals surface area contributed by atoms with Crippen molar-refractivity contribution in [1.82, 2.24) is 5.32 Å². The van der Waals surface area contributed by atoms with Crippen LogP contribution in [0, 0.1) is 6.92 Å².